The Morgan fingerprint density at radius 1 is 1.00 bits per heavy atom. The van der Waals surface area contributed by atoms with E-state index in [1.54, 1.807) is 0 Å². The van der Waals surface area contributed by atoms with Crippen LogP contribution >= 0.6 is 12.6 Å². The van der Waals surface area contributed by atoms with E-state index in [1.807, 2.05) is 12.1 Å². The molecule has 0 unspecified atom stereocenters. The molecule has 0 fully saturated rings. The van der Waals surface area contributed by atoms with Crippen molar-refractivity contribution in [2.24, 2.45) is 0 Å². The van der Waals surface area contributed by atoms with Gasteiger partial charge in [-0.2, -0.15) is 0 Å². The number of benzene rings is 2. The van der Waals surface area contributed by atoms with Crippen LogP contribution in [0.2, 0.25) is 0 Å². The summed E-state index contributed by atoms with van der Waals surface area (Å²) >= 11 is 5.27. The van der Waals surface area contributed by atoms with Crippen molar-refractivity contribution in [1.29, 1.82) is 0 Å². The minimum Gasteiger partial charge on any atom is -0.354 e. The van der Waals surface area contributed by atoms with Crippen molar-refractivity contribution < 1.29 is 0 Å². The minimum atomic E-state index is 0.925. The van der Waals surface area contributed by atoms with Gasteiger partial charge in [-0.3, -0.25) is 0 Å². The first-order valence-electron chi connectivity index (χ1n) is 4.94. The number of aromatic amines is 1. The van der Waals surface area contributed by atoms with E-state index >= 15 is 0 Å². The second-order valence-corrected chi connectivity index (χ2v) is 4.22. The Balaban J connectivity index is 2.60. The molecule has 0 saturated heterocycles. The molecule has 2 aromatic carbocycles. The molecule has 1 nitrogen and oxygen atoms in total. The smallest absolute Gasteiger partial charge is 0.0509 e. The third kappa shape index (κ3) is 1.15. The van der Waals surface area contributed by atoms with Gasteiger partial charge in [0.2, 0.25) is 0 Å². The summed E-state index contributed by atoms with van der Waals surface area (Å²) < 4.78 is 0. The summed E-state index contributed by atoms with van der Waals surface area (Å²) in [5, 5.41) is 2.53. The molecular formula is C13H10NS. The van der Waals surface area contributed by atoms with Crippen LogP contribution in [0.25, 0.3) is 21.8 Å². The molecular weight excluding hydrogens is 202 g/mol. The Hall–Kier alpha value is -1.54. The van der Waals surface area contributed by atoms with E-state index in [-0.39, 0.29) is 0 Å². The summed E-state index contributed by atoms with van der Waals surface area (Å²) in [5.74, 6) is 0. The Morgan fingerprint density at radius 2 is 1.80 bits per heavy atom. The number of para-hydroxylation sites is 1. The van der Waals surface area contributed by atoms with E-state index in [9.17, 15) is 0 Å². The van der Waals surface area contributed by atoms with Gasteiger partial charge in [0, 0.05) is 21.2 Å². The normalized spacial score (nSPS) is 11.3. The van der Waals surface area contributed by atoms with Crippen molar-refractivity contribution >= 4 is 34.4 Å². The Kier molecular flexibility index (Phi) is 1.73. The zero-order valence-electron chi connectivity index (χ0n) is 8.37. The van der Waals surface area contributed by atoms with Crippen molar-refractivity contribution in [3.63, 3.8) is 0 Å². The maximum absolute atomic E-state index is 5.27. The van der Waals surface area contributed by atoms with Crippen LogP contribution in [0.1, 0.15) is 5.56 Å². The van der Waals surface area contributed by atoms with Crippen molar-refractivity contribution in [2.75, 3.05) is 0 Å². The number of aromatic nitrogens is 1. The minimum absolute atomic E-state index is 0.925. The number of H-pyrrole nitrogens is 1. The molecule has 0 saturated carbocycles. The molecule has 1 radical (unpaired) electrons. The number of hydrogen-bond donors (Lipinski definition) is 1. The highest BCUT2D eigenvalue weighted by Crippen LogP contribution is 2.29. The number of fused-ring (bicyclic) bond motifs is 3. The Morgan fingerprint density at radius 3 is 2.67 bits per heavy atom. The number of hydrogen-bond acceptors (Lipinski definition) is 0. The first kappa shape index (κ1) is 8.74. The standard InChI is InChI=1S/C13H10NS/c1-8-12(15)7-6-10-9-4-2-3-5-11(9)14-13(8)10/h2-7,14H,1H3. The molecule has 1 heterocycles. The van der Waals surface area contributed by atoms with Gasteiger partial charge in [-0.25, -0.2) is 0 Å². The molecule has 0 aliphatic heterocycles. The van der Waals surface area contributed by atoms with Crippen LogP contribution in [-0.4, -0.2) is 4.98 Å². The lowest BCUT2D eigenvalue weighted by molar-refractivity contribution is 1.33. The number of rotatable bonds is 0. The molecule has 15 heavy (non-hydrogen) atoms. The van der Waals surface area contributed by atoms with Gasteiger partial charge >= 0.3 is 0 Å². The zero-order chi connectivity index (χ0) is 10.4. The monoisotopic (exact) mass is 212 g/mol. The Bertz CT molecular complexity index is 652. The van der Waals surface area contributed by atoms with Gasteiger partial charge in [0.1, 0.15) is 0 Å². The molecule has 0 aliphatic carbocycles. The van der Waals surface area contributed by atoms with E-state index < -0.39 is 0 Å². The van der Waals surface area contributed by atoms with Crippen LogP contribution in [0.3, 0.4) is 0 Å². The maximum Gasteiger partial charge on any atom is 0.0509 e. The highest BCUT2D eigenvalue weighted by atomic mass is 32.1. The van der Waals surface area contributed by atoms with Crippen LogP contribution in [0, 0.1) is 6.92 Å². The number of aryl methyl sites for hydroxylation is 1. The first-order valence-corrected chi connectivity index (χ1v) is 5.35. The van der Waals surface area contributed by atoms with Gasteiger partial charge < -0.3 is 4.98 Å². The molecule has 0 amide bonds. The molecule has 0 atom stereocenters. The van der Waals surface area contributed by atoms with Crippen LogP contribution in [0.15, 0.2) is 41.3 Å². The third-order valence-corrected chi connectivity index (χ3v) is 3.33. The largest absolute Gasteiger partial charge is 0.354 e. The molecule has 0 spiro atoms. The molecule has 1 N–H and O–H groups in total. The summed E-state index contributed by atoms with van der Waals surface area (Å²) in [5.41, 5.74) is 3.51. The fourth-order valence-corrected chi connectivity index (χ4v) is 2.21. The molecule has 3 rings (SSSR count). The lowest BCUT2D eigenvalue weighted by atomic mass is 10.1. The summed E-state index contributed by atoms with van der Waals surface area (Å²) in [6.07, 6.45) is 0. The predicted octanol–water partition coefficient (Wildman–Crippen LogP) is 4.19. The van der Waals surface area contributed by atoms with Gasteiger partial charge in [-0.05, 0) is 24.6 Å². The molecule has 0 bridgehead atoms. The predicted molar refractivity (Wildman–Crippen MR) is 66.4 cm³/mol. The molecule has 3 aromatic rings. The van der Waals surface area contributed by atoms with Crippen molar-refractivity contribution in [1.82, 2.24) is 4.98 Å². The van der Waals surface area contributed by atoms with Crippen LogP contribution in [0.4, 0.5) is 0 Å². The van der Waals surface area contributed by atoms with Gasteiger partial charge in [-0.1, -0.05) is 36.9 Å². The van der Waals surface area contributed by atoms with E-state index in [4.69, 9.17) is 12.6 Å². The topological polar surface area (TPSA) is 15.8 Å². The maximum atomic E-state index is 5.27. The van der Waals surface area contributed by atoms with Crippen LogP contribution in [0.5, 0.6) is 0 Å². The number of nitrogens with one attached hydrogen (secondary N) is 1. The lowest BCUT2D eigenvalue weighted by Gasteiger charge is -1.98. The van der Waals surface area contributed by atoms with Crippen LogP contribution < -0.4 is 0 Å². The second-order valence-electron chi connectivity index (χ2n) is 3.78. The average Bonchev–Trinajstić information content (AvgIpc) is 2.63. The fourth-order valence-electron chi connectivity index (χ4n) is 2.04. The molecule has 2 heteroatoms. The van der Waals surface area contributed by atoms with Gasteiger partial charge in [0.25, 0.3) is 0 Å². The van der Waals surface area contributed by atoms with E-state index in [2.05, 4.69) is 36.2 Å². The summed E-state index contributed by atoms with van der Waals surface area (Å²) in [6, 6.07) is 12.4. The average molecular weight is 212 g/mol. The van der Waals surface area contributed by atoms with Gasteiger partial charge in [0.05, 0.1) is 5.52 Å². The summed E-state index contributed by atoms with van der Waals surface area (Å²) in [6.45, 7) is 2.07. The van der Waals surface area contributed by atoms with Crippen molar-refractivity contribution in [3.05, 3.63) is 42.0 Å². The fraction of sp³-hybridized carbons (Fsp3) is 0.0769. The third-order valence-electron chi connectivity index (χ3n) is 2.89. The van der Waals surface area contributed by atoms with Crippen LogP contribution in [-0.2, 0) is 0 Å². The lowest BCUT2D eigenvalue weighted by Crippen LogP contribution is -1.78. The highest BCUT2D eigenvalue weighted by molar-refractivity contribution is 7.80. The Labute approximate surface area is 93.5 Å². The highest BCUT2D eigenvalue weighted by Gasteiger charge is 2.07. The first-order chi connectivity index (χ1) is 7.27. The molecule has 73 valence electrons. The van der Waals surface area contributed by atoms with Crippen molar-refractivity contribution in [2.45, 2.75) is 11.8 Å². The van der Waals surface area contributed by atoms with E-state index in [1.165, 1.54) is 27.4 Å². The SMILES string of the molecule is Cc1c([S])ccc2c1[nH]c1ccccc12. The van der Waals surface area contributed by atoms with Crippen molar-refractivity contribution in [3.8, 4) is 0 Å². The molecule has 1 aromatic heterocycles. The quantitative estimate of drug-likeness (QED) is 0.575. The van der Waals surface area contributed by atoms with E-state index in [0.717, 1.165) is 4.90 Å². The summed E-state index contributed by atoms with van der Waals surface area (Å²) in [4.78, 5) is 4.35. The van der Waals surface area contributed by atoms with E-state index in [0.29, 0.717) is 0 Å². The summed E-state index contributed by atoms with van der Waals surface area (Å²) in [7, 11) is 0. The van der Waals surface area contributed by atoms with Gasteiger partial charge in [-0.15, -0.1) is 0 Å². The molecule has 0 aliphatic rings. The van der Waals surface area contributed by atoms with Gasteiger partial charge in [0.15, 0.2) is 0 Å². The second kappa shape index (κ2) is 2.97. The zero-order valence-corrected chi connectivity index (χ0v) is 9.19.